The number of benzene rings is 2. The summed E-state index contributed by atoms with van der Waals surface area (Å²) in [4.78, 5) is 25.0. The molecule has 2 amide bonds. The molecule has 0 fully saturated rings. The molecule has 0 unspecified atom stereocenters. The third kappa shape index (κ3) is 6.88. The van der Waals surface area contributed by atoms with E-state index in [9.17, 15) is 14.0 Å². The molecule has 0 aliphatic rings. The fourth-order valence-corrected chi connectivity index (χ4v) is 3.18. The molecule has 0 heterocycles. The van der Waals surface area contributed by atoms with E-state index in [0.29, 0.717) is 30.0 Å². The molecule has 2 aromatic rings. The lowest BCUT2D eigenvalue weighted by molar-refractivity contribution is -0.122. The van der Waals surface area contributed by atoms with Gasteiger partial charge in [0.05, 0.1) is 10.6 Å². The van der Waals surface area contributed by atoms with Gasteiger partial charge in [0.2, 0.25) is 5.91 Å². The predicted molar refractivity (Wildman–Crippen MR) is 109 cm³/mol. The first-order chi connectivity index (χ1) is 13.0. The van der Waals surface area contributed by atoms with Crippen LogP contribution in [0.5, 0.6) is 0 Å². The Hall–Kier alpha value is -2.05. The van der Waals surface area contributed by atoms with Crippen LogP contribution in [0.25, 0.3) is 0 Å². The van der Waals surface area contributed by atoms with Gasteiger partial charge in [-0.25, -0.2) is 4.39 Å². The zero-order valence-corrected chi connectivity index (χ0v) is 16.6. The minimum Gasteiger partial charge on any atom is -0.354 e. The van der Waals surface area contributed by atoms with Crippen LogP contribution in [0.4, 0.5) is 4.39 Å². The molecule has 27 heavy (non-hydrogen) atoms. The predicted octanol–water partition coefficient (Wildman–Crippen LogP) is 3.69. The number of hydrogen-bond acceptors (Lipinski definition) is 3. The van der Waals surface area contributed by atoms with Crippen LogP contribution in [0, 0.1) is 5.82 Å². The highest BCUT2D eigenvalue weighted by Gasteiger charge is 2.21. The topological polar surface area (TPSA) is 58.2 Å². The Morgan fingerprint density at radius 3 is 2.52 bits per heavy atom. The third-order valence-corrected chi connectivity index (χ3v) is 4.95. The van der Waals surface area contributed by atoms with Crippen molar-refractivity contribution < 1.29 is 14.0 Å². The van der Waals surface area contributed by atoms with Gasteiger partial charge in [-0.05, 0) is 54.7 Å². The van der Waals surface area contributed by atoms with Crippen molar-refractivity contribution in [3.63, 3.8) is 0 Å². The summed E-state index contributed by atoms with van der Waals surface area (Å²) in [7, 11) is 0. The van der Waals surface area contributed by atoms with Crippen LogP contribution >= 0.6 is 23.4 Å². The molecule has 0 saturated heterocycles. The Morgan fingerprint density at radius 2 is 1.85 bits per heavy atom. The average molecular weight is 409 g/mol. The van der Waals surface area contributed by atoms with Crippen molar-refractivity contribution in [2.24, 2.45) is 0 Å². The van der Waals surface area contributed by atoms with Crippen molar-refractivity contribution in [3.05, 3.63) is 70.5 Å². The first kappa shape index (κ1) is 21.3. The van der Waals surface area contributed by atoms with Crippen molar-refractivity contribution in [2.75, 3.05) is 18.6 Å². The molecule has 4 nitrogen and oxygen atoms in total. The zero-order valence-electron chi connectivity index (χ0n) is 15.0. The molecule has 0 bridgehead atoms. The van der Waals surface area contributed by atoms with Crippen molar-refractivity contribution in [3.8, 4) is 0 Å². The molecule has 7 heteroatoms. The standard InChI is InChI=1S/C20H22ClFN2O2S/c1-27-13-11-18(24-19(25)16-4-2-3-5-17(16)21)20(26)23-12-10-14-6-8-15(22)9-7-14/h2-9,18H,10-13H2,1H3,(H,23,26)(H,24,25)/t18-/m0/s1. The molecule has 0 saturated carbocycles. The Labute approximate surface area is 167 Å². The SMILES string of the molecule is CSCC[C@H](NC(=O)c1ccccc1Cl)C(=O)NCCc1ccc(F)cc1. The second-order valence-corrected chi connectivity index (χ2v) is 7.35. The van der Waals surface area contributed by atoms with Crippen LogP contribution in [-0.4, -0.2) is 36.4 Å². The molecule has 2 rings (SSSR count). The van der Waals surface area contributed by atoms with Crippen LogP contribution < -0.4 is 10.6 Å². The van der Waals surface area contributed by atoms with E-state index in [-0.39, 0.29) is 17.6 Å². The van der Waals surface area contributed by atoms with Crippen molar-refractivity contribution >= 4 is 35.2 Å². The van der Waals surface area contributed by atoms with Gasteiger partial charge in [0.15, 0.2) is 0 Å². The molecule has 2 N–H and O–H groups in total. The first-order valence-electron chi connectivity index (χ1n) is 8.57. The Morgan fingerprint density at radius 1 is 1.15 bits per heavy atom. The van der Waals surface area contributed by atoms with E-state index in [1.54, 1.807) is 48.2 Å². The summed E-state index contributed by atoms with van der Waals surface area (Å²) in [5.41, 5.74) is 1.27. The maximum absolute atomic E-state index is 12.9. The number of amides is 2. The number of rotatable bonds is 9. The van der Waals surface area contributed by atoms with E-state index in [1.807, 2.05) is 6.26 Å². The lowest BCUT2D eigenvalue weighted by Gasteiger charge is -2.18. The van der Waals surface area contributed by atoms with Gasteiger partial charge < -0.3 is 10.6 Å². The lowest BCUT2D eigenvalue weighted by atomic mass is 10.1. The van der Waals surface area contributed by atoms with Crippen molar-refractivity contribution in [1.82, 2.24) is 10.6 Å². The van der Waals surface area contributed by atoms with E-state index < -0.39 is 6.04 Å². The zero-order chi connectivity index (χ0) is 19.6. The Balaban J connectivity index is 1.93. The normalized spacial score (nSPS) is 11.7. The highest BCUT2D eigenvalue weighted by Crippen LogP contribution is 2.15. The summed E-state index contributed by atoms with van der Waals surface area (Å²) >= 11 is 7.66. The van der Waals surface area contributed by atoms with Gasteiger partial charge >= 0.3 is 0 Å². The van der Waals surface area contributed by atoms with E-state index in [1.165, 1.54) is 12.1 Å². The van der Waals surface area contributed by atoms with Gasteiger partial charge in [-0.3, -0.25) is 9.59 Å². The van der Waals surface area contributed by atoms with Crippen molar-refractivity contribution in [1.29, 1.82) is 0 Å². The summed E-state index contributed by atoms with van der Waals surface area (Å²) < 4.78 is 12.9. The first-order valence-corrected chi connectivity index (χ1v) is 10.3. The Bertz CT molecular complexity index is 771. The van der Waals surface area contributed by atoms with Gasteiger partial charge in [-0.1, -0.05) is 35.9 Å². The summed E-state index contributed by atoms with van der Waals surface area (Å²) in [6.45, 7) is 0.405. The highest BCUT2D eigenvalue weighted by molar-refractivity contribution is 7.98. The van der Waals surface area contributed by atoms with E-state index in [4.69, 9.17) is 11.6 Å². The van der Waals surface area contributed by atoms with Crippen LogP contribution in [-0.2, 0) is 11.2 Å². The monoisotopic (exact) mass is 408 g/mol. The minimum atomic E-state index is -0.644. The highest BCUT2D eigenvalue weighted by atomic mass is 35.5. The number of nitrogens with one attached hydrogen (secondary N) is 2. The molecule has 144 valence electrons. The van der Waals surface area contributed by atoms with Crippen molar-refractivity contribution in [2.45, 2.75) is 18.9 Å². The smallest absolute Gasteiger partial charge is 0.253 e. The molecule has 0 aliphatic heterocycles. The second-order valence-electron chi connectivity index (χ2n) is 5.95. The lowest BCUT2D eigenvalue weighted by Crippen LogP contribution is -2.47. The summed E-state index contributed by atoms with van der Waals surface area (Å²) in [5.74, 6) is -0.173. The van der Waals surface area contributed by atoms with Crippen LogP contribution in [0.1, 0.15) is 22.3 Å². The van der Waals surface area contributed by atoms with E-state index in [2.05, 4.69) is 10.6 Å². The van der Waals surface area contributed by atoms with Crippen LogP contribution in [0.3, 0.4) is 0 Å². The fraction of sp³-hybridized carbons (Fsp3) is 0.300. The molecule has 0 aromatic heterocycles. The molecule has 0 spiro atoms. The number of carbonyl (C=O) groups is 2. The van der Waals surface area contributed by atoms with Crippen LogP contribution in [0.2, 0.25) is 5.02 Å². The quantitative estimate of drug-likeness (QED) is 0.665. The van der Waals surface area contributed by atoms with Gasteiger partial charge in [0.1, 0.15) is 11.9 Å². The van der Waals surface area contributed by atoms with Gasteiger partial charge in [-0.2, -0.15) is 11.8 Å². The second kappa shape index (κ2) is 10.9. The van der Waals surface area contributed by atoms with Gasteiger partial charge in [-0.15, -0.1) is 0 Å². The van der Waals surface area contributed by atoms with Crippen LogP contribution in [0.15, 0.2) is 48.5 Å². The number of thioether (sulfide) groups is 1. The van der Waals surface area contributed by atoms with Gasteiger partial charge in [0.25, 0.3) is 5.91 Å². The molecular formula is C20H22ClFN2O2S. The molecule has 1 atom stereocenters. The maximum atomic E-state index is 12.9. The number of halogens is 2. The van der Waals surface area contributed by atoms with Gasteiger partial charge in [0, 0.05) is 6.54 Å². The number of carbonyl (C=O) groups excluding carboxylic acids is 2. The van der Waals surface area contributed by atoms with E-state index >= 15 is 0 Å². The molecule has 2 aromatic carbocycles. The maximum Gasteiger partial charge on any atom is 0.253 e. The molecule has 0 aliphatic carbocycles. The molecule has 0 radical (unpaired) electrons. The van der Waals surface area contributed by atoms with E-state index in [0.717, 1.165) is 11.3 Å². The average Bonchev–Trinajstić information content (AvgIpc) is 2.66. The fourth-order valence-electron chi connectivity index (χ4n) is 2.49. The minimum absolute atomic E-state index is 0.244. The molecular weight excluding hydrogens is 387 g/mol. The largest absolute Gasteiger partial charge is 0.354 e. The summed E-state index contributed by atoms with van der Waals surface area (Å²) in [6, 6.07) is 12.2. The number of hydrogen-bond donors (Lipinski definition) is 2. The summed E-state index contributed by atoms with van der Waals surface area (Å²) in [6.07, 6.45) is 3.04. The third-order valence-electron chi connectivity index (χ3n) is 3.98. The Kier molecular flexibility index (Phi) is 8.61. The summed E-state index contributed by atoms with van der Waals surface area (Å²) in [5, 5.41) is 5.95.